The highest BCUT2D eigenvalue weighted by molar-refractivity contribution is 7.86. The first-order chi connectivity index (χ1) is 16.8. The molecule has 0 aromatic heterocycles. The van der Waals surface area contributed by atoms with E-state index in [4.69, 9.17) is 8.92 Å². The Hall–Kier alpha value is -4.37. The van der Waals surface area contributed by atoms with E-state index in [-0.39, 0.29) is 22.8 Å². The second-order valence-corrected chi connectivity index (χ2v) is 9.19. The molecule has 0 saturated carbocycles. The highest BCUT2D eigenvalue weighted by Crippen LogP contribution is 2.26. The molecule has 0 radical (unpaired) electrons. The van der Waals surface area contributed by atoms with Crippen molar-refractivity contribution >= 4 is 44.3 Å². The number of fused-ring (bicyclic) bond motifs is 1. The third-order valence-corrected chi connectivity index (χ3v) is 6.17. The summed E-state index contributed by atoms with van der Waals surface area (Å²) in [6.07, 6.45) is 0. The minimum Gasteiger partial charge on any atom is -0.465 e. The van der Waals surface area contributed by atoms with Gasteiger partial charge in [0.05, 0.1) is 7.11 Å². The molecule has 0 atom stereocenters. The van der Waals surface area contributed by atoms with Crippen molar-refractivity contribution in [3.63, 3.8) is 0 Å². The minimum absolute atomic E-state index is 0.146. The van der Waals surface area contributed by atoms with Crippen LogP contribution in [0.25, 0.3) is 10.8 Å². The van der Waals surface area contributed by atoms with Crippen molar-refractivity contribution in [3.8, 4) is 5.75 Å². The molecule has 0 aliphatic heterocycles. The Balaban J connectivity index is 1.50. The molecule has 178 valence electrons. The molecule has 4 aromatic rings. The van der Waals surface area contributed by atoms with E-state index in [1.165, 1.54) is 18.2 Å². The maximum Gasteiger partial charge on any atom is 0.341 e. The summed E-state index contributed by atoms with van der Waals surface area (Å²) in [5.41, 5.74) is 1.22. The van der Waals surface area contributed by atoms with Crippen LogP contribution in [0.4, 0.5) is 16.2 Å². The number of anilines is 2. The number of amides is 2. The van der Waals surface area contributed by atoms with Crippen LogP contribution >= 0.6 is 0 Å². The van der Waals surface area contributed by atoms with Gasteiger partial charge in [0, 0.05) is 11.4 Å². The summed E-state index contributed by atoms with van der Waals surface area (Å²) in [5, 5.41) is 7.37. The Morgan fingerprint density at radius 1 is 0.771 bits per heavy atom. The summed E-state index contributed by atoms with van der Waals surface area (Å²) in [4.78, 5) is 24.8. The van der Waals surface area contributed by atoms with E-state index in [1.54, 1.807) is 36.4 Å². The van der Waals surface area contributed by atoms with Crippen molar-refractivity contribution < 1.29 is 26.9 Å². The summed E-state index contributed by atoms with van der Waals surface area (Å²) in [6, 6.07) is 25.2. The van der Waals surface area contributed by atoms with Crippen molar-refractivity contribution in [1.29, 1.82) is 0 Å². The fourth-order valence-electron chi connectivity index (χ4n) is 3.46. The summed E-state index contributed by atoms with van der Waals surface area (Å²) in [7, 11) is -2.89. The van der Waals surface area contributed by atoms with E-state index in [2.05, 4.69) is 10.6 Å². The van der Waals surface area contributed by atoms with Crippen molar-refractivity contribution in [2.45, 2.75) is 5.75 Å². The van der Waals surface area contributed by atoms with E-state index in [0.717, 1.165) is 17.9 Å². The second kappa shape index (κ2) is 10.3. The molecular weight excluding hydrogens is 468 g/mol. The number of hydrogen-bond acceptors (Lipinski definition) is 6. The van der Waals surface area contributed by atoms with Gasteiger partial charge in [-0.1, -0.05) is 60.7 Å². The fourth-order valence-corrected chi connectivity index (χ4v) is 4.53. The van der Waals surface area contributed by atoms with Crippen molar-refractivity contribution in [1.82, 2.24) is 0 Å². The molecule has 4 aromatic carbocycles. The number of ether oxygens (including phenoxy) is 1. The largest absolute Gasteiger partial charge is 0.465 e. The topological polar surface area (TPSA) is 111 Å². The molecule has 8 nitrogen and oxygen atoms in total. The fraction of sp³-hybridized carbons (Fsp3) is 0.0769. The molecule has 0 saturated heterocycles. The van der Waals surface area contributed by atoms with E-state index in [0.29, 0.717) is 11.3 Å². The van der Waals surface area contributed by atoms with E-state index in [1.807, 2.05) is 36.4 Å². The quantitative estimate of drug-likeness (QED) is 0.273. The van der Waals surface area contributed by atoms with Gasteiger partial charge in [-0.3, -0.25) is 0 Å². The van der Waals surface area contributed by atoms with Gasteiger partial charge in [0.15, 0.2) is 5.75 Å². The molecule has 0 bridgehead atoms. The van der Waals surface area contributed by atoms with Crippen molar-refractivity contribution in [2.24, 2.45) is 0 Å². The molecule has 2 amide bonds. The average molecular weight is 491 g/mol. The molecule has 0 unspecified atom stereocenters. The van der Waals surface area contributed by atoms with Crippen LogP contribution in [0.5, 0.6) is 5.75 Å². The van der Waals surface area contributed by atoms with Gasteiger partial charge in [-0.25, -0.2) is 9.59 Å². The van der Waals surface area contributed by atoms with Crippen molar-refractivity contribution in [3.05, 3.63) is 102 Å². The molecule has 35 heavy (non-hydrogen) atoms. The maximum atomic E-state index is 12.5. The molecule has 0 aliphatic carbocycles. The molecule has 4 rings (SSSR count). The lowest BCUT2D eigenvalue weighted by Crippen LogP contribution is -2.20. The Morgan fingerprint density at radius 3 is 2.11 bits per heavy atom. The number of methoxy groups -OCH3 is 1. The zero-order chi connectivity index (χ0) is 24.8. The zero-order valence-electron chi connectivity index (χ0n) is 18.7. The molecule has 0 heterocycles. The lowest BCUT2D eigenvalue weighted by atomic mass is 10.1. The number of rotatable bonds is 7. The first kappa shape index (κ1) is 23.8. The van der Waals surface area contributed by atoms with Crippen LogP contribution in [0.2, 0.25) is 0 Å². The SMILES string of the molecule is COC(=O)c1cc(NC(=O)Nc2ccc3ccccc3c2)ccc1OS(=O)(=O)Cc1ccccc1. The first-order valence-electron chi connectivity index (χ1n) is 10.6. The molecule has 9 heteroatoms. The van der Waals surface area contributed by atoms with Crippen LogP contribution in [0.1, 0.15) is 15.9 Å². The number of esters is 1. The molecule has 2 N–H and O–H groups in total. The monoisotopic (exact) mass is 490 g/mol. The lowest BCUT2D eigenvalue weighted by molar-refractivity contribution is 0.0599. The summed E-state index contributed by atoms with van der Waals surface area (Å²) < 4.78 is 35.0. The maximum absolute atomic E-state index is 12.5. The van der Waals surface area contributed by atoms with E-state index < -0.39 is 22.1 Å². The number of carbonyl (C=O) groups excluding carboxylic acids is 2. The van der Waals surface area contributed by atoms with Gasteiger partial charge in [-0.2, -0.15) is 8.42 Å². The molecular formula is C26H22N2O6S. The highest BCUT2D eigenvalue weighted by Gasteiger charge is 2.21. The Morgan fingerprint density at radius 2 is 1.40 bits per heavy atom. The number of nitrogens with one attached hydrogen (secondary N) is 2. The highest BCUT2D eigenvalue weighted by atomic mass is 32.2. The minimum atomic E-state index is -4.05. The van der Waals surface area contributed by atoms with Gasteiger partial charge in [-0.15, -0.1) is 0 Å². The Kier molecular flexibility index (Phi) is 6.98. The predicted molar refractivity (Wildman–Crippen MR) is 134 cm³/mol. The van der Waals surface area contributed by atoms with Gasteiger partial charge in [0.2, 0.25) is 0 Å². The van der Waals surface area contributed by atoms with Crippen molar-refractivity contribution in [2.75, 3.05) is 17.7 Å². The molecule has 0 aliphatic rings. The zero-order valence-corrected chi connectivity index (χ0v) is 19.5. The van der Waals surface area contributed by atoms with Crippen LogP contribution < -0.4 is 14.8 Å². The van der Waals surface area contributed by atoms with E-state index in [9.17, 15) is 18.0 Å². The smallest absolute Gasteiger partial charge is 0.341 e. The summed E-state index contributed by atoms with van der Waals surface area (Å²) >= 11 is 0. The van der Waals surface area contributed by atoms with Gasteiger partial charge in [0.1, 0.15) is 11.3 Å². The van der Waals surface area contributed by atoms with Gasteiger partial charge in [0.25, 0.3) is 0 Å². The van der Waals surface area contributed by atoms with Gasteiger partial charge >= 0.3 is 22.1 Å². The number of urea groups is 1. The Labute approximate surface area is 202 Å². The third-order valence-electron chi connectivity index (χ3n) is 5.05. The van der Waals surface area contributed by atoms with Gasteiger partial charge < -0.3 is 19.6 Å². The molecule has 0 spiro atoms. The number of benzene rings is 4. The number of carbonyl (C=O) groups is 2. The average Bonchev–Trinajstić information content (AvgIpc) is 2.84. The Bertz CT molecular complexity index is 1490. The number of hydrogen-bond donors (Lipinski definition) is 2. The molecule has 0 fully saturated rings. The predicted octanol–water partition coefficient (Wildman–Crippen LogP) is 5.18. The second-order valence-electron chi connectivity index (χ2n) is 7.61. The van der Waals surface area contributed by atoms with Crippen LogP contribution in [0, 0.1) is 0 Å². The van der Waals surface area contributed by atoms with Crippen LogP contribution in [-0.2, 0) is 20.6 Å². The third kappa shape index (κ3) is 6.15. The summed E-state index contributed by atoms with van der Waals surface area (Å²) in [5.74, 6) is -1.38. The van der Waals surface area contributed by atoms with E-state index >= 15 is 0 Å². The normalized spacial score (nSPS) is 11.0. The first-order valence-corrected chi connectivity index (χ1v) is 12.2. The van der Waals surface area contributed by atoms with Crippen LogP contribution in [-0.4, -0.2) is 27.5 Å². The van der Waals surface area contributed by atoms with Crippen LogP contribution in [0.3, 0.4) is 0 Å². The van der Waals surface area contributed by atoms with Gasteiger partial charge in [-0.05, 0) is 46.7 Å². The summed E-state index contributed by atoms with van der Waals surface area (Å²) in [6.45, 7) is 0. The lowest BCUT2D eigenvalue weighted by Gasteiger charge is -2.13. The standard InChI is InChI=1S/C26H22N2O6S/c1-33-25(29)23-16-22(13-14-24(23)34-35(31,32)17-18-7-3-2-4-8-18)28-26(30)27-21-12-11-19-9-5-6-10-20(19)15-21/h2-16H,17H2,1H3,(H2,27,28,30). The van der Waals surface area contributed by atoms with Crippen LogP contribution in [0.15, 0.2) is 91.0 Å².